The summed E-state index contributed by atoms with van der Waals surface area (Å²) in [7, 11) is 0. The molecule has 0 aromatic rings. The van der Waals surface area contributed by atoms with Crippen LogP contribution in [0.25, 0.3) is 0 Å². The van der Waals surface area contributed by atoms with Gasteiger partial charge in [0, 0.05) is 19.3 Å². The van der Waals surface area contributed by atoms with E-state index >= 15 is 0 Å². The first-order valence-corrected chi connectivity index (χ1v) is 27.3. The van der Waals surface area contributed by atoms with E-state index in [0.717, 1.165) is 83.5 Å². The minimum Gasteiger partial charge on any atom is -0.479 e. The van der Waals surface area contributed by atoms with Crippen molar-refractivity contribution < 1.29 is 58.2 Å². The molecule has 0 aromatic carbocycles. The summed E-state index contributed by atoms with van der Waals surface area (Å²) in [6.07, 6.45) is 36.0. The van der Waals surface area contributed by atoms with E-state index < -0.39 is 67.3 Å². The van der Waals surface area contributed by atoms with Crippen LogP contribution in [0.3, 0.4) is 0 Å². The van der Waals surface area contributed by atoms with Gasteiger partial charge in [0.2, 0.25) is 0 Å². The van der Waals surface area contributed by atoms with Gasteiger partial charge in [-0.2, -0.15) is 0 Å². The first-order chi connectivity index (χ1) is 32.6. The summed E-state index contributed by atoms with van der Waals surface area (Å²) in [5.41, 5.74) is 0. The van der Waals surface area contributed by atoms with Crippen LogP contribution in [0.1, 0.15) is 252 Å². The Labute approximate surface area is 407 Å². The second kappa shape index (κ2) is 44.4. The molecule has 390 valence electrons. The number of carbonyl (C=O) groups is 4. The van der Waals surface area contributed by atoms with Crippen molar-refractivity contribution in [2.45, 2.75) is 289 Å². The van der Waals surface area contributed by atoms with E-state index in [4.69, 9.17) is 23.7 Å². The van der Waals surface area contributed by atoms with Crippen LogP contribution in [0.5, 0.6) is 0 Å². The van der Waals surface area contributed by atoms with E-state index in [1.807, 2.05) is 0 Å². The molecular formula is C55H98O12. The van der Waals surface area contributed by atoms with Gasteiger partial charge in [-0.05, 0) is 51.4 Å². The van der Waals surface area contributed by atoms with E-state index in [1.54, 1.807) is 0 Å². The molecule has 12 nitrogen and oxygen atoms in total. The molecule has 0 aliphatic carbocycles. The number of unbranched alkanes of at least 4 members (excludes halogenated alkanes) is 28. The predicted octanol–water partition coefficient (Wildman–Crippen LogP) is 13.1. The third-order valence-electron chi connectivity index (χ3n) is 12.5. The Morgan fingerprint density at radius 1 is 0.493 bits per heavy atom. The van der Waals surface area contributed by atoms with E-state index in [9.17, 15) is 34.5 Å². The summed E-state index contributed by atoms with van der Waals surface area (Å²) in [5.74, 6) is -3.11. The number of allylic oxidation sites excluding steroid dienone is 4. The van der Waals surface area contributed by atoms with Crippen molar-refractivity contribution in [1.29, 1.82) is 0 Å². The van der Waals surface area contributed by atoms with Crippen LogP contribution in [0.15, 0.2) is 24.3 Å². The average molecular weight is 951 g/mol. The number of carboxylic acid groups (broad SMARTS) is 1. The molecule has 0 saturated carbocycles. The van der Waals surface area contributed by atoms with Gasteiger partial charge in [-0.25, -0.2) is 4.79 Å². The van der Waals surface area contributed by atoms with E-state index in [1.165, 1.54) is 109 Å². The molecule has 1 fully saturated rings. The van der Waals surface area contributed by atoms with Crippen LogP contribution in [0, 0.1) is 0 Å². The van der Waals surface area contributed by atoms with Gasteiger partial charge >= 0.3 is 23.9 Å². The summed E-state index contributed by atoms with van der Waals surface area (Å²) in [4.78, 5) is 50.8. The number of rotatable bonds is 46. The van der Waals surface area contributed by atoms with Crippen molar-refractivity contribution in [2.75, 3.05) is 13.2 Å². The predicted molar refractivity (Wildman–Crippen MR) is 266 cm³/mol. The molecule has 1 heterocycles. The highest BCUT2D eigenvalue weighted by molar-refractivity contribution is 5.74. The minimum absolute atomic E-state index is 0.0645. The first kappa shape index (κ1) is 62.2. The summed E-state index contributed by atoms with van der Waals surface area (Å²) >= 11 is 0. The maximum absolute atomic E-state index is 13.1. The fourth-order valence-electron chi connectivity index (χ4n) is 8.28. The molecule has 6 unspecified atom stereocenters. The number of aliphatic hydroxyl groups is 2. The maximum Gasteiger partial charge on any atom is 0.335 e. The van der Waals surface area contributed by atoms with Gasteiger partial charge in [-0.15, -0.1) is 0 Å². The van der Waals surface area contributed by atoms with E-state index in [0.29, 0.717) is 19.3 Å². The highest BCUT2D eigenvalue weighted by atomic mass is 16.7. The molecule has 1 aliphatic heterocycles. The van der Waals surface area contributed by atoms with Crippen LogP contribution in [0.4, 0.5) is 0 Å². The molecule has 0 bridgehead atoms. The van der Waals surface area contributed by atoms with Crippen LogP contribution >= 0.6 is 0 Å². The van der Waals surface area contributed by atoms with Crippen LogP contribution in [0.2, 0.25) is 0 Å². The van der Waals surface area contributed by atoms with Crippen LogP contribution in [-0.4, -0.2) is 89.2 Å². The van der Waals surface area contributed by atoms with Gasteiger partial charge in [-0.3, -0.25) is 14.4 Å². The monoisotopic (exact) mass is 951 g/mol. The number of aliphatic hydroxyl groups excluding tert-OH is 2. The summed E-state index contributed by atoms with van der Waals surface area (Å²) in [5, 5.41) is 31.3. The third kappa shape index (κ3) is 35.0. The highest BCUT2D eigenvalue weighted by Gasteiger charge is 2.50. The second-order valence-corrected chi connectivity index (χ2v) is 18.9. The molecule has 3 N–H and O–H groups in total. The lowest BCUT2D eigenvalue weighted by atomic mass is 9.98. The number of carbonyl (C=O) groups excluding carboxylic acids is 3. The summed E-state index contributed by atoms with van der Waals surface area (Å²) < 4.78 is 28.3. The van der Waals surface area contributed by atoms with Gasteiger partial charge < -0.3 is 39.0 Å². The van der Waals surface area contributed by atoms with Crippen molar-refractivity contribution in [2.24, 2.45) is 0 Å². The molecule has 1 rings (SSSR count). The lowest BCUT2D eigenvalue weighted by molar-refractivity contribution is -0.301. The Morgan fingerprint density at radius 3 is 1.37 bits per heavy atom. The number of carboxylic acids is 1. The fraction of sp³-hybridized carbons (Fsp3) is 0.855. The van der Waals surface area contributed by atoms with Gasteiger partial charge in [0.05, 0.1) is 6.61 Å². The molecular weight excluding hydrogens is 853 g/mol. The molecule has 0 aromatic heterocycles. The van der Waals surface area contributed by atoms with Crippen LogP contribution < -0.4 is 0 Å². The molecule has 1 aliphatic rings. The Kier molecular flexibility index (Phi) is 41.2. The lowest BCUT2D eigenvalue weighted by Crippen LogP contribution is -2.61. The van der Waals surface area contributed by atoms with Crippen molar-refractivity contribution in [3.05, 3.63) is 24.3 Å². The second-order valence-electron chi connectivity index (χ2n) is 18.9. The molecule has 1 saturated heterocycles. The van der Waals surface area contributed by atoms with Crippen molar-refractivity contribution in [3.63, 3.8) is 0 Å². The van der Waals surface area contributed by atoms with E-state index in [2.05, 4.69) is 45.1 Å². The standard InChI is InChI=1S/C55H98O12/c1-4-7-10-13-16-19-21-22-23-24-25-26-28-30-32-35-38-41-47(56)63-44-46(65-48(57)42-39-36-34-31-27-20-17-14-11-8-5-2)45-64-55-53(51(60)50(59)52(67-55)54(61)62)66-49(58)43-40-37-33-29-18-15-12-9-6-3/h16,19,22-23,46,50-53,55,59-60H,4-15,17-18,20-21,24-45H2,1-3H3,(H,61,62)/b19-16-,23-22-. The Morgan fingerprint density at radius 2 is 0.896 bits per heavy atom. The zero-order chi connectivity index (χ0) is 49.0. The van der Waals surface area contributed by atoms with Crippen molar-refractivity contribution in [1.82, 2.24) is 0 Å². The SMILES string of the molecule is CCCCC/C=C\C/C=C\CCCCCCCCCC(=O)OCC(COC1OC(C(=O)O)C(O)C(O)C1OC(=O)CCCCCCCCCCC)OC(=O)CCCCCCCCCCCCC. The first-order valence-electron chi connectivity index (χ1n) is 27.3. The van der Waals surface area contributed by atoms with Gasteiger partial charge in [-0.1, -0.05) is 206 Å². The summed E-state index contributed by atoms with van der Waals surface area (Å²) in [6.45, 7) is 5.92. The van der Waals surface area contributed by atoms with Gasteiger partial charge in [0.1, 0.15) is 18.8 Å². The Hall–Kier alpha value is -2.80. The molecule has 0 spiro atoms. The topological polar surface area (TPSA) is 175 Å². The molecule has 0 amide bonds. The normalized spacial score (nSPS) is 19.0. The van der Waals surface area contributed by atoms with Crippen molar-refractivity contribution in [3.8, 4) is 0 Å². The Balaban J connectivity index is 2.68. The number of hydrogen-bond donors (Lipinski definition) is 3. The number of esters is 3. The Bertz CT molecular complexity index is 1270. The molecule has 0 radical (unpaired) electrons. The quantitative estimate of drug-likeness (QED) is 0.0228. The largest absolute Gasteiger partial charge is 0.479 e. The zero-order valence-corrected chi connectivity index (χ0v) is 42.7. The average Bonchev–Trinajstić information content (AvgIpc) is 3.31. The number of ether oxygens (including phenoxy) is 5. The minimum atomic E-state index is -1.90. The van der Waals surface area contributed by atoms with Crippen molar-refractivity contribution >= 4 is 23.9 Å². The molecule has 12 heteroatoms. The van der Waals surface area contributed by atoms with E-state index in [-0.39, 0.29) is 25.9 Å². The number of hydrogen-bond acceptors (Lipinski definition) is 11. The van der Waals surface area contributed by atoms with Crippen LogP contribution in [-0.2, 0) is 42.9 Å². The molecule has 67 heavy (non-hydrogen) atoms. The molecule has 6 atom stereocenters. The maximum atomic E-state index is 13.1. The lowest BCUT2D eigenvalue weighted by Gasteiger charge is -2.40. The summed E-state index contributed by atoms with van der Waals surface area (Å²) in [6, 6.07) is 0. The fourth-order valence-corrected chi connectivity index (χ4v) is 8.28. The number of aliphatic carboxylic acids is 1. The highest BCUT2D eigenvalue weighted by Crippen LogP contribution is 2.26. The van der Waals surface area contributed by atoms with Gasteiger partial charge in [0.25, 0.3) is 0 Å². The third-order valence-corrected chi connectivity index (χ3v) is 12.5. The smallest absolute Gasteiger partial charge is 0.335 e. The van der Waals surface area contributed by atoms with Gasteiger partial charge in [0.15, 0.2) is 24.6 Å². The zero-order valence-electron chi connectivity index (χ0n) is 42.7.